The van der Waals surface area contributed by atoms with Crippen LogP contribution in [0.25, 0.3) is 0 Å². The Bertz CT molecular complexity index is 944. The Morgan fingerprint density at radius 2 is 1.80 bits per heavy atom. The number of rotatable bonds is 4. The van der Waals surface area contributed by atoms with Crippen molar-refractivity contribution in [2.45, 2.75) is 11.8 Å². The topological polar surface area (TPSA) is 140 Å². The van der Waals surface area contributed by atoms with E-state index in [1.165, 1.54) is 26.2 Å². The molecule has 1 heterocycles. The van der Waals surface area contributed by atoms with E-state index in [9.17, 15) is 18.0 Å². The van der Waals surface area contributed by atoms with Crippen LogP contribution in [0.1, 0.15) is 16.2 Å². The molecule has 2 aromatic rings. The van der Waals surface area contributed by atoms with Crippen LogP contribution in [0, 0.1) is 6.92 Å². The number of ether oxygens (including phenoxy) is 1. The molecule has 1 aromatic heterocycles. The first-order valence-corrected chi connectivity index (χ1v) is 8.28. The predicted molar refractivity (Wildman–Crippen MR) is 85.5 cm³/mol. The Balaban J connectivity index is 2.49. The van der Waals surface area contributed by atoms with Gasteiger partial charge in [-0.25, -0.2) is 13.2 Å². The predicted octanol–water partition coefficient (Wildman–Crippen LogP) is 0.917. The Hall–Kier alpha value is -3.08. The minimum Gasteiger partial charge on any atom is -0.478 e. The van der Waals surface area contributed by atoms with Crippen LogP contribution < -0.4 is 9.64 Å². The van der Waals surface area contributed by atoms with E-state index in [4.69, 9.17) is 9.84 Å². The van der Waals surface area contributed by atoms with Crippen molar-refractivity contribution in [1.82, 2.24) is 15.0 Å². The quantitative estimate of drug-likeness (QED) is 0.836. The van der Waals surface area contributed by atoms with Crippen molar-refractivity contribution in [3.05, 3.63) is 35.7 Å². The molecule has 0 saturated heterocycles. The van der Waals surface area contributed by atoms with Gasteiger partial charge >= 0.3 is 17.2 Å². The van der Waals surface area contributed by atoms with Crippen molar-refractivity contribution in [3.8, 4) is 6.01 Å². The molecule has 0 aliphatic rings. The number of carbonyl (C=O) groups is 2. The highest BCUT2D eigenvalue weighted by Crippen LogP contribution is 2.21. The Morgan fingerprint density at radius 3 is 2.40 bits per heavy atom. The van der Waals surface area contributed by atoms with Gasteiger partial charge in [0.2, 0.25) is 5.95 Å². The number of amides is 1. The van der Waals surface area contributed by atoms with Crippen molar-refractivity contribution in [2.75, 3.05) is 19.1 Å². The first kappa shape index (κ1) is 18.3. The number of carboxylic acids is 1. The van der Waals surface area contributed by atoms with E-state index >= 15 is 0 Å². The molecule has 0 spiro atoms. The minimum absolute atomic E-state index is 0.0921. The number of sulfone groups is 1. The molecule has 25 heavy (non-hydrogen) atoms. The monoisotopic (exact) mass is 366 g/mol. The molecule has 0 fully saturated rings. The van der Waals surface area contributed by atoms with Gasteiger partial charge in [0, 0.05) is 7.05 Å². The first-order valence-electron chi connectivity index (χ1n) is 6.80. The number of carbonyl (C=O) groups excluding carboxylic acids is 1. The van der Waals surface area contributed by atoms with Crippen LogP contribution in [0.15, 0.2) is 29.2 Å². The average Bonchev–Trinajstić information content (AvgIpc) is 2.59. The van der Waals surface area contributed by atoms with Crippen LogP contribution >= 0.6 is 0 Å². The lowest BCUT2D eigenvalue weighted by atomic mass is 10.2. The van der Waals surface area contributed by atoms with Crippen molar-refractivity contribution >= 4 is 27.0 Å². The second kappa shape index (κ2) is 6.81. The second-order valence-electron chi connectivity index (χ2n) is 4.80. The van der Waals surface area contributed by atoms with E-state index in [-0.39, 0.29) is 17.8 Å². The molecule has 1 amide bonds. The molecule has 2 rings (SSSR count). The van der Waals surface area contributed by atoms with E-state index in [0.717, 1.165) is 19.2 Å². The van der Waals surface area contributed by atoms with Gasteiger partial charge in [-0.2, -0.15) is 15.0 Å². The summed E-state index contributed by atoms with van der Waals surface area (Å²) < 4.78 is 30.0. The number of anilines is 1. The van der Waals surface area contributed by atoms with Crippen LogP contribution in [-0.2, 0) is 9.84 Å². The molecule has 0 atom stereocenters. The van der Waals surface area contributed by atoms with Crippen molar-refractivity contribution in [2.24, 2.45) is 0 Å². The Labute approximate surface area is 143 Å². The van der Waals surface area contributed by atoms with Gasteiger partial charge in [0.15, 0.2) is 0 Å². The number of aromatic nitrogens is 3. The number of hydrogen-bond donors (Lipinski definition) is 1. The highest BCUT2D eigenvalue weighted by molar-refractivity contribution is 8.06. The largest absolute Gasteiger partial charge is 0.478 e. The summed E-state index contributed by atoms with van der Waals surface area (Å²) in [7, 11) is -2.17. The van der Waals surface area contributed by atoms with Gasteiger partial charge in [0.1, 0.15) is 5.82 Å². The highest BCUT2D eigenvalue weighted by Gasteiger charge is 2.34. The molecule has 0 radical (unpaired) electrons. The molecule has 1 aromatic carbocycles. The third-order valence-electron chi connectivity index (χ3n) is 3.11. The minimum atomic E-state index is -4.63. The first-order chi connectivity index (χ1) is 11.7. The molecule has 0 unspecified atom stereocenters. The Morgan fingerprint density at radius 1 is 1.16 bits per heavy atom. The lowest BCUT2D eigenvalue weighted by molar-refractivity contribution is 0.0692. The van der Waals surface area contributed by atoms with Gasteiger partial charge in [-0.05, 0) is 19.1 Å². The van der Waals surface area contributed by atoms with Gasteiger partial charge in [0.05, 0.1) is 17.6 Å². The highest BCUT2D eigenvalue weighted by atomic mass is 32.2. The summed E-state index contributed by atoms with van der Waals surface area (Å²) in [6.07, 6.45) is 0. The van der Waals surface area contributed by atoms with E-state index in [1.807, 2.05) is 0 Å². The number of aryl methyl sites for hydroxylation is 1. The fourth-order valence-corrected chi connectivity index (χ4v) is 3.25. The lowest BCUT2D eigenvalue weighted by Gasteiger charge is -2.16. The van der Waals surface area contributed by atoms with Crippen LogP contribution in [0.4, 0.5) is 10.7 Å². The fourth-order valence-electron chi connectivity index (χ4n) is 1.92. The maximum absolute atomic E-state index is 12.6. The molecule has 0 aliphatic carbocycles. The number of nitrogens with zero attached hydrogens (tertiary/aromatic N) is 4. The normalized spacial score (nSPS) is 11.0. The van der Waals surface area contributed by atoms with E-state index in [2.05, 4.69) is 15.0 Å². The summed E-state index contributed by atoms with van der Waals surface area (Å²) in [5.74, 6) is -1.50. The number of methoxy groups -OCH3 is 1. The number of aromatic carboxylic acids is 1. The molecule has 0 aliphatic heterocycles. The number of benzene rings is 1. The molecular weight excluding hydrogens is 352 g/mol. The zero-order valence-corrected chi connectivity index (χ0v) is 14.3. The van der Waals surface area contributed by atoms with Crippen LogP contribution in [-0.4, -0.2) is 53.8 Å². The van der Waals surface area contributed by atoms with Gasteiger partial charge in [0.25, 0.3) is 9.84 Å². The molecule has 0 bridgehead atoms. The standard InChI is InChI=1S/C14H14N4O6S/c1-8-15-12(17-13(16-8)24-3)18(2)14(21)25(22,23)10-7-5-4-6-9(10)11(19)20/h4-7H,1-3H3,(H,19,20). The molecule has 0 saturated carbocycles. The second-order valence-corrected chi connectivity index (χ2v) is 6.59. The summed E-state index contributed by atoms with van der Waals surface area (Å²) in [5.41, 5.74) is -0.506. The summed E-state index contributed by atoms with van der Waals surface area (Å²) in [5, 5.41) is 7.75. The average molecular weight is 366 g/mol. The lowest BCUT2D eigenvalue weighted by Crippen LogP contribution is -2.34. The van der Waals surface area contributed by atoms with Crippen molar-refractivity contribution < 1.29 is 27.9 Å². The zero-order valence-electron chi connectivity index (χ0n) is 13.5. The summed E-state index contributed by atoms with van der Waals surface area (Å²) >= 11 is 0. The van der Waals surface area contributed by atoms with Crippen LogP contribution in [0.2, 0.25) is 0 Å². The smallest absolute Gasteiger partial charge is 0.350 e. The molecule has 1 N–H and O–H groups in total. The Kier molecular flexibility index (Phi) is 4.97. The summed E-state index contributed by atoms with van der Waals surface area (Å²) in [6, 6.07) is 4.73. The van der Waals surface area contributed by atoms with Gasteiger partial charge in [-0.1, -0.05) is 12.1 Å². The van der Waals surface area contributed by atoms with Crippen LogP contribution in [0.3, 0.4) is 0 Å². The molecule has 10 nitrogen and oxygen atoms in total. The third-order valence-corrected chi connectivity index (χ3v) is 4.78. The molecule has 11 heteroatoms. The SMILES string of the molecule is COc1nc(C)nc(N(C)C(=O)S(=O)(=O)c2ccccc2C(=O)O)n1. The molecule has 132 valence electrons. The van der Waals surface area contributed by atoms with Gasteiger partial charge < -0.3 is 9.84 Å². The molecular formula is C14H14N4O6S. The third kappa shape index (κ3) is 3.55. The zero-order chi connectivity index (χ0) is 18.8. The summed E-state index contributed by atoms with van der Waals surface area (Å²) in [6.45, 7) is 1.51. The van der Waals surface area contributed by atoms with Crippen molar-refractivity contribution in [3.63, 3.8) is 0 Å². The number of carboxylic acid groups (broad SMARTS) is 1. The van der Waals surface area contributed by atoms with E-state index < -0.39 is 31.5 Å². The maximum atomic E-state index is 12.6. The van der Waals surface area contributed by atoms with Crippen LogP contribution in [0.5, 0.6) is 6.01 Å². The maximum Gasteiger partial charge on any atom is 0.350 e. The van der Waals surface area contributed by atoms with E-state index in [1.54, 1.807) is 0 Å². The number of hydrogen-bond acceptors (Lipinski definition) is 8. The fraction of sp³-hybridized carbons (Fsp3) is 0.214. The summed E-state index contributed by atoms with van der Waals surface area (Å²) in [4.78, 5) is 35.3. The van der Waals surface area contributed by atoms with Gasteiger partial charge in [-0.15, -0.1) is 0 Å². The van der Waals surface area contributed by atoms with Crippen molar-refractivity contribution in [1.29, 1.82) is 0 Å². The van der Waals surface area contributed by atoms with E-state index in [0.29, 0.717) is 4.90 Å². The van der Waals surface area contributed by atoms with Gasteiger partial charge in [-0.3, -0.25) is 9.69 Å².